The summed E-state index contributed by atoms with van der Waals surface area (Å²) in [7, 11) is -1.15. The molecule has 6 heteroatoms. The smallest absolute Gasteiger partial charge is 0.151 e. The molecule has 2 heterocycles. The Morgan fingerprint density at radius 3 is 2.94 bits per heavy atom. The summed E-state index contributed by atoms with van der Waals surface area (Å²) >= 11 is 0. The van der Waals surface area contributed by atoms with Crippen molar-refractivity contribution in [2.75, 3.05) is 38.4 Å². The zero-order valence-electron chi connectivity index (χ0n) is 10.3. The summed E-state index contributed by atoms with van der Waals surface area (Å²) in [6.07, 6.45) is 2.56. The topological polar surface area (TPSA) is 64.6 Å². The van der Waals surface area contributed by atoms with Gasteiger partial charge in [0.25, 0.3) is 0 Å². The number of nitrogens with one attached hydrogen (secondary N) is 1. The summed E-state index contributed by atoms with van der Waals surface area (Å²) in [6, 6.07) is 0.0707. The van der Waals surface area contributed by atoms with E-state index in [1.165, 1.54) is 0 Å². The number of methoxy groups -OCH3 is 1. The molecule has 5 nitrogen and oxygen atoms in total. The van der Waals surface area contributed by atoms with Crippen LogP contribution in [0.3, 0.4) is 0 Å². The van der Waals surface area contributed by atoms with Crippen molar-refractivity contribution in [3.8, 4) is 0 Å². The maximum absolute atomic E-state index is 11.5. The van der Waals surface area contributed by atoms with E-state index < -0.39 is 9.84 Å². The molecule has 0 bridgehead atoms. The van der Waals surface area contributed by atoms with Crippen LogP contribution in [-0.4, -0.2) is 58.4 Å². The molecule has 17 heavy (non-hydrogen) atoms. The van der Waals surface area contributed by atoms with Crippen molar-refractivity contribution in [2.24, 2.45) is 0 Å². The molecule has 2 fully saturated rings. The van der Waals surface area contributed by atoms with Crippen LogP contribution < -0.4 is 5.32 Å². The molecule has 100 valence electrons. The molecule has 2 rings (SSSR count). The fourth-order valence-electron chi connectivity index (χ4n) is 2.48. The minimum atomic E-state index is -2.84. The first-order valence-electron chi connectivity index (χ1n) is 6.12. The molecule has 2 saturated heterocycles. The lowest BCUT2D eigenvalue weighted by atomic mass is 10.0. The van der Waals surface area contributed by atoms with E-state index in [0.29, 0.717) is 18.9 Å². The Balaban J connectivity index is 1.85. The van der Waals surface area contributed by atoms with Gasteiger partial charge in [-0.1, -0.05) is 0 Å². The zero-order chi connectivity index (χ0) is 12.4. The lowest BCUT2D eigenvalue weighted by molar-refractivity contribution is -0.0173. The second-order valence-electron chi connectivity index (χ2n) is 5.02. The van der Waals surface area contributed by atoms with Crippen LogP contribution in [0.4, 0.5) is 0 Å². The van der Waals surface area contributed by atoms with Gasteiger partial charge in [0, 0.05) is 32.7 Å². The van der Waals surface area contributed by atoms with Crippen LogP contribution in [0.1, 0.15) is 19.3 Å². The standard InChI is InChI=1S/C11H21NO4S/c1-15-11(4-5-16-9-11)8-12-10-3-2-6-17(13,14)7-10/h10,12H,2-9H2,1H3. The Hall–Kier alpha value is -0.170. The van der Waals surface area contributed by atoms with E-state index in [2.05, 4.69) is 5.32 Å². The van der Waals surface area contributed by atoms with Crippen LogP contribution >= 0.6 is 0 Å². The van der Waals surface area contributed by atoms with Crippen molar-refractivity contribution >= 4 is 9.84 Å². The first-order valence-corrected chi connectivity index (χ1v) is 7.94. The molecule has 2 aliphatic heterocycles. The van der Waals surface area contributed by atoms with Crippen molar-refractivity contribution in [3.63, 3.8) is 0 Å². The highest BCUT2D eigenvalue weighted by Gasteiger charge is 2.36. The fraction of sp³-hybridized carbons (Fsp3) is 1.00. The van der Waals surface area contributed by atoms with Crippen LogP contribution in [0.5, 0.6) is 0 Å². The lowest BCUT2D eigenvalue weighted by Crippen LogP contribution is -2.49. The predicted molar refractivity (Wildman–Crippen MR) is 64.9 cm³/mol. The maximum Gasteiger partial charge on any atom is 0.151 e. The van der Waals surface area contributed by atoms with E-state index in [1.54, 1.807) is 7.11 Å². The summed E-state index contributed by atoms with van der Waals surface area (Å²) in [6.45, 7) is 1.98. The van der Waals surface area contributed by atoms with Crippen LogP contribution in [0, 0.1) is 0 Å². The second kappa shape index (κ2) is 5.22. The molecule has 0 saturated carbocycles. The van der Waals surface area contributed by atoms with Crippen LogP contribution in [0.2, 0.25) is 0 Å². The molecule has 0 aromatic rings. The molecule has 2 aliphatic rings. The van der Waals surface area contributed by atoms with Gasteiger partial charge in [0.05, 0.1) is 18.1 Å². The Kier molecular flexibility index (Phi) is 4.07. The molecule has 2 atom stereocenters. The SMILES string of the molecule is COC1(CNC2CCCS(=O)(=O)C2)CCOC1. The molecule has 1 N–H and O–H groups in total. The number of rotatable bonds is 4. The van der Waals surface area contributed by atoms with Gasteiger partial charge in [-0.3, -0.25) is 0 Å². The average molecular weight is 263 g/mol. The molecular weight excluding hydrogens is 242 g/mol. The van der Waals surface area contributed by atoms with Gasteiger partial charge in [-0.05, 0) is 12.8 Å². The molecule has 0 aromatic heterocycles. The van der Waals surface area contributed by atoms with Crippen molar-refractivity contribution in [3.05, 3.63) is 0 Å². The average Bonchev–Trinajstić information content (AvgIpc) is 2.75. The summed E-state index contributed by atoms with van der Waals surface area (Å²) in [4.78, 5) is 0. The van der Waals surface area contributed by atoms with Gasteiger partial charge >= 0.3 is 0 Å². The van der Waals surface area contributed by atoms with Gasteiger partial charge in [-0.15, -0.1) is 0 Å². The summed E-state index contributed by atoms with van der Waals surface area (Å²) in [5.74, 6) is 0.595. The molecule has 0 spiro atoms. The minimum Gasteiger partial charge on any atom is -0.378 e. The summed E-state index contributed by atoms with van der Waals surface area (Å²) in [5, 5.41) is 3.33. The van der Waals surface area contributed by atoms with E-state index in [4.69, 9.17) is 9.47 Å². The number of ether oxygens (including phenoxy) is 2. The first kappa shape index (κ1) is 13.3. The lowest BCUT2D eigenvalue weighted by Gasteiger charge is -2.30. The third-order valence-electron chi connectivity index (χ3n) is 3.68. The monoisotopic (exact) mass is 263 g/mol. The van der Waals surface area contributed by atoms with E-state index >= 15 is 0 Å². The van der Waals surface area contributed by atoms with Crippen molar-refractivity contribution in [1.82, 2.24) is 5.32 Å². The van der Waals surface area contributed by atoms with Gasteiger partial charge < -0.3 is 14.8 Å². The Morgan fingerprint density at radius 1 is 1.53 bits per heavy atom. The van der Waals surface area contributed by atoms with E-state index in [-0.39, 0.29) is 17.4 Å². The maximum atomic E-state index is 11.5. The highest BCUT2D eigenvalue weighted by molar-refractivity contribution is 7.91. The molecule has 0 aliphatic carbocycles. The third kappa shape index (κ3) is 3.40. The van der Waals surface area contributed by atoms with Gasteiger partial charge in [0.1, 0.15) is 5.60 Å². The normalized spacial score (nSPS) is 37.1. The molecule has 0 radical (unpaired) electrons. The van der Waals surface area contributed by atoms with E-state index in [9.17, 15) is 8.42 Å². The van der Waals surface area contributed by atoms with Crippen molar-refractivity contribution < 1.29 is 17.9 Å². The second-order valence-corrected chi connectivity index (χ2v) is 7.25. The Bertz CT molecular complexity index is 348. The fourth-order valence-corrected chi connectivity index (χ4v) is 4.15. The molecule has 0 amide bonds. The van der Waals surface area contributed by atoms with Gasteiger partial charge in [-0.25, -0.2) is 8.42 Å². The Morgan fingerprint density at radius 2 is 2.35 bits per heavy atom. The van der Waals surface area contributed by atoms with Crippen molar-refractivity contribution in [2.45, 2.75) is 30.9 Å². The summed E-state index contributed by atoms with van der Waals surface area (Å²) in [5.41, 5.74) is -0.263. The van der Waals surface area contributed by atoms with Crippen molar-refractivity contribution in [1.29, 1.82) is 0 Å². The largest absolute Gasteiger partial charge is 0.378 e. The molecule has 2 unspecified atom stereocenters. The van der Waals surface area contributed by atoms with E-state index in [0.717, 1.165) is 25.9 Å². The van der Waals surface area contributed by atoms with E-state index in [1.807, 2.05) is 0 Å². The quantitative estimate of drug-likeness (QED) is 0.771. The first-order chi connectivity index (χ1) is 8.05. The van der Waals surface area contributed by atoms with Crippen LogP contribution in [0.15, 0.2) is 0 Å². The van der Waals surface area contributed by atoms with Gasteiger partial charge in [-0.2, -0.15) is 0 Å². The van der Waals surface area contributed by atoms with Gasteiger partial charge in [0.2, 0.25) is 0 Å². The minimum absolute atomic E-state index is 0.0707. The van der Waals surface area contributed by atoms with Crippen LogP contribution in [0.25, 0.3) is 0 Å². The number of hydrogen-bond acceptors (Lipinski definition) is 5. The summed E-state index contributed by atoms with van der Waals surface area (Å²) < 4.78 is 33.9. The van der Waals surface area contributed by atoms with Gasteiger partial charge in [0.15, 0.2) is 9.84 Å². The highest BCUT2D eigenvalue weighted by Crippen LogP contribution is 2.22. The number of hydrogen-bond donors (Lipinski definition) is 1. The highest BCUT2D eigenvalue weighted by atomic mass is 32.2. The Labute approximate surface area is 103 Å². The molecule has 0 aromatic carbocycles. The van der Waals surface area contributed by atoms with Crippen LogP contribution in [-0.2, 0) is 19.3 Å². The third-order valence-corrected chi connectivity index (χ3v) is 5.50. The zero-order valence-corrected chi connectivity index (χ0v) is 11.1. The predicted octanol–water partition coefficient (Wildman–Crippen LogP) is -0.0413. The molecular formula is C11H21NO4S. The number of sulfone groups is 1.